The van der Waals surface area contributed by atoms with Crippen LogP contribution in [0.2, 0.25) is 0 Å². The molecule has 2 aromatic rings. The smallest absolute Gasteiger partial charge is 0.318 e. The van der Waals surface area contributed by atoms with E-state index in [1.165, 1.54) is 0 Å². The molecular weight excluding hydrogens is 327 g/mol. The molecule has 0 saturated carbocycles. The molecule has 3 heteroatoms. The fraction of sp³-hybridized carbons (Fsp3) is 0.227. The average molecular weight is 352 g/mol. The number of carboxylic acid groups (broad SMARTS) is 1. The van der Waals surface area contributed by atoms with Crippen molar-refractivity contribution in [3.05, 3.63) is 89.0 Å². The summed E-state index contributed by atoms with van der Waals surface area (Å²) in [6.45, 7) is 6.03. The highest BCUT2D eigenvalue weighted by Gasteiger charge is 2.50. The molecule has 2 nitrogen and oxygen atoms in total. The number of hydrogen-bond donors (Lipinski definition) is 1. The Hall–Kier alpha value is -2.18. The molecule has 3 rings (SSSR count). The van der Waals surface area contributed by atoms with Crippen molar-refractivity contribution in [3.8, 4) is 0 Å². The lowest BCUT2D eigenvalue weighted by Gasteiger charge is -2.41. The number of carboxylic acids is 1. The molecule has 0 amide bonds. The van der Waals surface area contributed by atoms with Crippen molar-refractivity contribution in [1.82, 2.24) is 0 Å². The van der Waals surface area contributed by atoms with Gasteiger partial charge in [0.1, 0.15) is 5.41 Å². The predicted molar refractivity (Wildman–Crippen MR) is 109 cm³/mol. The van der Waals surface area contributed by atoms with Gasteiger partial charge in [0.2, 0.25) is 0 Å². The van der Waals surface area contributed by atoms with Crippen molar-refractivity contribution in [3.63, 3.8) is 0 Å². The summed E-state index contributed by atoms with van der Waals surface area (Å²) < 4.78 is 0. The molecule has 0 aromatic heterocycles. The zero-order chi connectivity index (χ0) is 17.3. The molecule has 1 N–H and O–H groups in total. The quantitative estimate of drug-likeness (QED) is 0.777. The van der Waals surface area contributed by atoms with E-state index in [1.807, 2.05) is 68.5 Å². The summed E-state index contributed by atoms with van der Waals surface area (Å²) in [5.74, 6) is -0.958. The van der Waals surface area contributed by atoms with E-state index in [2.05, 4.69) is 19.1 Å². The maximum absolute atomic E-state index is 12.5. The number of allylic oxidation sites excluding steroid dienone is 3. The van der Waals surface area contributed by atoms with Gasteiger partial charge >= 0.3 is 5.97 Å². The number of rotatable bonds is 3. The molecule has 1 aliphatic rings. The molecule has 1 aliphatic carbocycles. The van der Waals surface area contributed by atoms with Crippen molar-refractivity contribution in [2.45, 2.75) is 26.2 Å². The molecule has 130 valence electrons. The van der Waals surface area contributed by atoms with Crippen molar-refractivity contribution in [2.24, 2.45) is 5.92 Å². The highest BCUT2D eigenvalue weighted by atomic mass is 31.0. The largest absolute Gasteiger partial charge is 0.480 e. The van der Waals surface area contributed by atoms with Gasteiger partial charge < -0.3 is 5.11 Å². The van der Waals surface area contributed by atoms with Crippen LogP contribution in [0.15, 0.2) is 77.9 Å². The van der Waals surface area contributed by atoms with Crippen molar-refractivity contribution < 1.29 is 9.90 Å². The van der Waals surface area contributed by atoms with Crippen LogP contribution in [0.1, 0.15) is 31.9 Å². The van der Waals surface area contributed by atoms with E-state index in [1.54, 1.807) is 0 Å². The van der Waals surface area contributed by atoms with Gasteiger partial charge in [-0.2, -0.15) is 9.90 Å². The second-order valence-corrected chi connectivity index (χ2v) is 6.49. The van der Waals surface area contributed by atoms with Crippen LogP contribution in [0.25, 0.3) is 5.57 Å². The maximum Gasteiger partial charge on any atom is 0.318 e. The van der Waals surface area contributed by atoms with Crippen LogP contribution in [0, 0.1) is 5.92 Å². The first-order valence-electron chi connectivity index (χ1n) is 8.23. The Balaban J connectivity index is 0.00000225. The zero-order valence-electron chi connectivity index (χ0n) is 15.0. The fourth-order valence-corrected chi connectivity index (χ4v) is 4.17. The van der Waals surface area contributed by atoms with Crippen molar-refractivity contribution >= 4 is 21.4 Å². The third kappa shape index (κ3) is 2.96. The van der Waals surface area contributed by atoms with E-state index in [-0.39, 0.29) is 15.8 Å². The van der Waals surface area contributed by atoms with Gasteiger partial charge in [-0.25, -0.2) is 0 Å². The summed E-state index contributed by atoms with van der Waals surface area (Å²) in [6.07, 6.45) is 2.03. The van der Waals surface area contributed by atoms with Crippen molar-refractivity contribution in [2.75, 3.05) is 0 Å². The lowest BCUT2D eigenvalue weighted by atomic mass is 9.60. The molecule has 0 radical (unpaired) electrons. The Labute approximate surface area is 152 Å². The van der Waals surface area contributed by atoms with E-state index in [9.17, 15) is 9.90 Å². The van der Waals surface area contributed by atoms with E-state index in [0.29, 0.717) is 0 Å². The molecule has 0 bridgehead atoms. The Morgan fingerprint density at radius 3 is 2.00 bits per heavy atom. The Morgan fingerprint density at radius 1 is 0.960 bits per heavy atom. The van der Waals surface area contributed by atoms with Gasteiger partial charge in [0.25, 0.3) is 0 Å². The molecule has 0 saturated heterocycles. The van der Waals surface area contributed by atoms with Gasteiger partial charge in [0.15, 0.2) is 0 Å². The standard InChI is InChI=1S/C22H22O2.H3P/c1-15-14-16(2)22(21(23)24,19-12-8-5-9-13-19)17(3)20(15)18-10-6-4-7-11-18;/h4-14,17H,1-3H3,(H,23,24);1H3. The summed E-state index contributed by atoms with van der Waals surface area (Å²) in [5, 5.41) is 10.3. The number of hydrogen-bond acceptors (Lipinski definition) is 1. The van der Waals surface area contributed by atoms with E-state index >= 15 is 0 Å². The first-order chi connectivity index (χ1) is 11.5. The summed E-state index contributed by atoms with van der Waals surface area (Å²) in [5.41, 5.74) is 4.01. The second-order valence-electron chi connectivity index (χ2n) is 6.49. The van der Waals surface area contributed by atoms with Gasteiger partial charge in [-0.15, -0.1) is 0 Å². The third-order valence-corrected chi connectivity index (χ3v) is 5.21. The van der Waals surface area contributed by atoms with Gasteiger partial charge in [0.05, 0.1) is 0 Å². The fourth-order valence-electron chi connectivity index (χ4n) is 4.17. The van der Waals surface area contributed by atoms with Crippen LogP contribution in [0.4, 0.5) is 0 Å². The third-order valence-electron chi connectivity index (χ3n) is 5.21. The molecule has 0 aliphatic heterocycles. The molecule has 0 spiro atoms. The summed E-state index contributed by atoms with van der Waals surface area (Å²) >= 11 is 0. The molecular formula is C22H25O2P. The topological polar surface area (TPSA) is 37.3 Å². The van der Waals surface area contributed by atoms with Crippen molar-refractivity contribution in [1.29, 1.82) is 0 Å². The molecule has 3 unspecified atom stereocenters. The first kappa shape index (κ1) is 19.1. The number of benzene rings is 2. The minimum absolute atomic E-state index is 0. The predicted octanol–water partition coefficient (Wildman–Crippen LogP) is 5.14. The van der Waals surface area contributed by atoms with Crippen LogP contribution in [-0.2, 0) is 10.2 Å². The minimum atomic E-state index is -1.04. The summed E-state index contributed by atoms with van der Waals surface area (Å²) in [7, 11) is 0. The highest BCUT2D eigenvalue weighted by Crippen LogP contribution is 2.50. The lowest BCUT2D eigenvalue weighted by molar-refractivity contribution is -0.143. The van der Waals surface area contributed by atoms with E-state index in [0.717, 1.165) is 27.8 Å². The van der Waals surface area contributed by atoms with Crippen LogP contribution in [-0.4, -0.2) is 11.1 Å². The van der Waals surface area contributed by atoms with Crippen LogP contribution in [0.3, 0.4) is 0 Å². The van der Waals surface area contributed by atoms with Crippen LogP contribution < -0.4 is 0 Å². The molecule has 0 fully saturated rings. The first-order valence-corrected chi connectivity index (χ1v) is 8.23. The molecule has 3 atom stereocenters. The molecule has 2 aromatic carbocycles. The highest BCUT2D eigenvalue weighted by molar-refractivity contribution is 6.92. The monoisotopic (exact) mass is 352 g/mol. The van der Waals surface area contributed by atoms with Crippen LogP contribution in [0.5, 0.6) is 0 Å². The summed E-state index contributed by atoms with van der Waals surface area (Å²) in [6, 6.07) is 19.7. The zero-order valence-corrected chi connectivity index (χ0v) is 16.4. The van der Waals surface area contributed by atoms with Gasteiger partial charge in [-0.1, -0.05) is 79.2 Å². The molecule has 0 heterocycles. The normalized spacial score (nSPS) is 22.8. The Bertz CT molecular complexity index is 822. The Kier molecular flexibility index (Phi) is 5.65. The summed E-state index contributed by atoms with van der Waals surface area (Å²) in [4.78, 5) is 12.5. The van der Waals surface area contributed by atoms with Gasteiger partial charge in [0, 0.05) is 5.92 Å². The maximum atomic E-state index is 12.5. The minimum Gasteiger partial charge on any atom is -0.480 e. The Morgan fingerprint density at radius 2 is 1.48 bits per heavy atom. The lowest BCUT2D eigenvalue weighted by Crippen LogP contribution is -2.45. The number of carbonyl (C=O) groups is 1. The SMILES string of the molecule is CC1=CC(C)=C(c2ccccc2)C(C)C1(C(=O)O)c1ccccc1.P. The van der Waals surface area contributed by atoms with Gasteiger partial charge in [-0.3, -0.25) is 4.79 Å². The molecule has 25 heavy (non-hydrogen) atoms. The van der Waals surface area contributed by atoms with Crippen LogP contribution >= 0.6 is 9.90 Å². The average Bonchev–Trinajstić information content (AvgIpc) is 2.56. The van der Waals surface area contributed by atoms with E-state index < -0.39 is 11.4 Å². The second kappa shape index (κ2) is 7.37. The van der Waals surface area contributed by atoms with E-state index in [4.69, 9.17) is 0 Å². The number of aliphatic carboxylic acids is 1. The van der Waals surface area contributed by atoms with Gasteiger partial charge in [-0.05, 0) is 36.1 Å².